The number of fused-ring (bicyclic) bond motifs is 1. The molecule has 0 radical (unpaired) electrons. The molecule has 1 aliphatic heterocycles. The van der Waals surface area contributed by atoms with Crippen molar-refractivity contribution in [3.63, 3.8) is 0 Å². The van der Waals surface area contributed by atoms with Crippen LogP contribution in [0.3, 0.4) is 0 Å². The number of carbonyl (C=O) groups is 1. The van der Waals surface area contributed by atoms with Crippen LogP contribution >= 0.6 is 0 Å². The summed E-state index contributed by atoms with van der Waals surface area (Å²) in [6.07, 6.45) is 1.67. The molecular formula is C13H13FN2O2. The van der Waals surface area contributed by atoms with Gasteiger partial charge in [-0.3, -0.25) is 9.69 Å². The first kappa shape index (κ1) is 12.4. The van der Waals surface area contributed by atoms with E-state index in [9.17, 15) is 9.18 Å². The number of carbonyl (C=O) groups excluding carboxylic acids is 1. The summed E-state index contributed by atoms with van der Waals surface area (Å²) in [5.41, 5.74) is 1.33. The first-order valence-corrected chi connectivity index (χ1v) is 5.71. The molecule has 0 aromatic heterocycles. The molecule has 0 fully saturated rings. The van der Waals surface area contributed by atoms with Crippen LogP contribution in [0.4, 0.5) is 10.1 Å². The Morgan fingerprint density at radius 1 is 1.50 bits per heavy atom. The second-order valence-corrected chi connectivity index (χ2v) is 4.11. The number of methoxy groups -OCH3 is 1. The molecule has 2 rings (SSSR count). The molecule has 1 aliphatic rings. The lowest BCUT2D eigenvalue weighted by Crippen LogP contribution is -2.30. The highest BCUT2D eigenvalue weighted by Gasteiger charge is 2.23. The average molecular weight is 248 g/mol. The SMILES string of the molecule is COc1cc2c(cc1F)CCCC(=O)N2CC#N. The van der Waals surface area contributed by atoms with Gasteiger partial charge in [-0.15, -0.1) is 0 Å². The van der Waals surface area contributed by atoms with E-state index in [2.05, 4.69) is 0 Å². The molecular weight excluding hydrogens is 235 g/mol. The molecule has 0 saturated heterocycles. The molecule has 0 atom stereocenters. The third kappa shape index (κ3) is 2.14. The fourth-order valence-corrected chi connectivity index (χ4v) is 2.14. The van der Waals surface area contributed by atoms with E-state index in [0.717, 1.165) is 5.56 Å². The number of rotatable bonds is 2. The van der Waals surface area contributed by atoms with Gasteiger partial charge in [0.25, 0.3) is 0 Å². The van der Waals surface area contributed by atoms with Crippen LogP contribution < -0.4 is 9.64 Å². The van der Waals surface area contributed by atoms with Gasteiger partial charge < -0.3 is 4.74 Å². The van der Waals surface area contributed by atoms with E-state index in [1.165, 1.54) is 24.1 Å². The van der Waals surface area contributed by atoms with Gasteiger partial charge in [0, 0.05) is 12.5 Å². The number of aryl methyl sites for hydroxylation is 1. The van der Waals surface area contributed by atoms with Gasteiger partial charge in [0.1, 0.15) is 6.54 Å². The highest BCUT2D eigenvalue weighted by Crippen LogP contribution is 2.32. The van der Waals surface area contributed by atoms with Crippen LogP contribution in [0.5, 0.6) is 5.75 Å². The molecule has 1 amide bonds. The highest BCUT2D eigenvalue weighted by molar-refractivity contribution is 5.95. The Morgan fingerprint density at radius 3 is 2.94 bits per heavy atom. The monoisotopic (exact) mass is 248 g/mol. The normalized spacial score (nSPS) is 14.7. The van der Waals surface area contributed by atoms with E-state index in [4.69, 9.17) is 10.00 Å². The summed E-state index contributed by atoms with van der Waals surface area (Å²) in [7, 11) is 1.37. The Hall–Kier alpha value is -2.09. The first-order chi connectivity index (χ1) is 8.67. The van der Waals surface area contributed by atoms with Crippen LogP contribution in [-0.4, -0.2) is 19.6 Å². The van der Waals surface area contributed by atoms with Gasteiger partial charge in [-0.2, -0.15) is 5.26 Å². The third-order valence-electron chi connectivity index (χ3n) is 3.01. The summed E-state index contributed by atoms with van der Waals surface area (Å²) in [6, 6.07) is 4.84. The van der Waals surface area contributed by atoms with Crippen molar-refractivity contribution in [3.05, 3.63) is 23.5 Å². The number of anilines is 1. The van der Waals surface area contributed by atoms with Gasteiger partial charge >= 0.3 is 0 Å². The van der Waals surface area contributed by atoms with Crippen molar-refractivity contribution in [3.8, 4) is 11.8 Å². The largest absolute Gasteiger partial charge is 0.494 e. The fraction of sp³-hybridized carbons (Fsp3) is 0.385. The van der Waals surface area contributed by atoms with Crippen LogP contribution in [0.15, 0.2) is 12.1 Å². The summed E-state index contributed by atoms with van der Waals surface area (Å²) in [5.74, 6) is -0.460. The number of halogens is 1. The standard InChI is InChI=1S/C13H13FN2O2/c1-18-12-8-11-9(7-10(12)14)3-2-4-13(17)16(11)6-5-15/h7-8H,2-4,6H2,1H3. The van der Waals surface area contributed by atoms with E-state index in [1.54, 1.807) is 0 Å². The lowest BCUT2D eigenvalue weighted by Gasteiger charge is -2.20. The molecule has 0 aliphatic carbocycles. The summed E-state index contributed by atoms with van der Waals surface area (Å²) in [4.78, 5) is 13.3. The molecule has 0 N–H and O–H groups in total. The number of ether oxygens (including phenoxy) is 1. The smallest absolute Gasteiger partial charge is 0.227 e. The summed E-state index contributed by atoms with van der Waals surface area (Å²) < 4.78 is 18.5. The first-order valence-electron chi connectivity index (χ1n) is 5.71. The average Bonchev–Trinajstić information content (AvgIpc) is 2.49. The Morgan fingerprint density at radius 2 is 2.28 bits per heavy atom. The quantitative estimate of drug-likeness (QED) is 0.752. The Bertz CT molecular complexity index is 522. The Balaban J connectivity index is 2.53. The maximum Gasteiger partial charge on any atom is 0.227 e. The molecule has 94 valence electrons. The van der Waals surface area contributed by atoms with Crippen LogP contribution in [0.2, 0.25) is 0 Å². The van der Waals surface area contributed by atoms with E-state index in [0.29, 0.717) is 24.9 Å². The summed E-state index contributed by atoms with van der Waals surface area (Å²) >= 11 is 0. The minimum atomic E-state index is -0.442. The lowest BCUT2D eigenvalue weighted by molar-refractivity contribution is -0.118. The van der Waals surface area contributed by atoms with Crippen LogP contribution in [0, 0.1) is 17.1 Å². The zero-order valence-corrected chi connectivity index (χ0v) is 10.1. The maximum atomic E-state index is 13.6. The van der Waals surface area contributed by atoms with E-state index in [-0.39, 0.29) is 18.2 Å². The summed E-state index contributed by atoms with van der Waals surface area (Å²) in [6.45, 7) is -0.0272. The number of benzene rings is 1. The maximum absolute atomic E-state index is 13.6. The van der Waals surface area contributed by atoms with Crippen LogP contribution in [0.1, 0.15) is 18.4 Å². The van der Waals surface area contributed by atoms with Gasteiger partial charge in [0.15, 0.2) is 11.6 Å². The second kappa shape index (κ2) is 5.05. The molecule has 5 heteroatoms. The molecule has 0 saturated carbocycles. The van der Waals surface area contributed by atoms with E-state index >= 15 is 0 Å². The molecule has 1 heterocycles. The predicted octanol–water partition coefficient (Wildman–Crippen LogP) is 2.03. The molecule has 18 heavy (non-hydrogen) atoms. The highest BCUT2D eigenvalue weighted by atomic mass is 19.1. The number of nitriles is 1. The van der Waals surface area contributed by atoms with Gasteiger partial charge in [0.2, 0.25) is 5.91 Å². The Kier molecular flexibility index (Phi) is 3.47. The molecule has 0 bridgehead atoms. The number of nitrogens with zero attached hydrogens (tertiary/aromatic N) is 2. The number of hydrogen-bond donors (Lipinski definition) is 0. The zero-order valence-electron chi connectivity index (χ0n) is 10.1. The Labute approximate surface area is 105 Å². The van der Waals surface area contributed by atoms with Crippen molar-refractivity contribution in [1.29, 1.82) is 5.26 Å². The topological polar surface area (TPSA) is 53.3 Å². The van der Waals surface area contributed by atoms with Gasteiger partial charge in [-0.25, -0.2) is 4.39 Å². The van der Waals surface area contributed by atoms with Gasteiger partial charge in [0.05, 0.1) is 18.9 Å². The van der Waals surface area contributed by atoms with Crippen LogP contribution in [-0.2, 0) is 11.2 Å². The third-order valence-corrected chi connectivity index (χ3v) is 3.01. The van der Waals surface area contributed by atoms with Crippen molar-refractivity contribution >= 4 is 11.6 Å². The van der Waals surface area contributed by atoms with Crippen molar-refractivity contribution in [2.24, 2.45) is 0 Å². The fourth-order valence-electron chi connectivity index (χ4n) is 2.14. The molecule has 1 aromatic carbocycles. The van der Waals surface area contributed by atoms with Crippen molar-refractivity contribution < 1.29 is 13.9 Å². The summed E-state index contributed by atoms with van der Waals surface area (Å²) in [5, 5.41) is 8.79. The van der Waals surface area contributed by atoms with E-state index in [1.807, 2.05) is 6.07 Å². The number of hydrogen-bond acceptors (Lipinski definition) is 3. The molecule has 0 unspecified atom stereocenters. The van der Waals surface area contributed by atoms with Gasteiger partial charge in [-0.1, -0.05) is 0 Å². The lowest BCUT2D eigenvalue weighted by atomic mass is 10.1. The molecule has 4 nitrogen and oxygen atoms in total. The minimum absolute atomic E-state index is 0.0272. The van der Waals surface area contributed by atoms with Crippen molar-refractivity contribution in [2.45, 2.75) is 19.3 Å². The van der Waals surface area contributed by atoms with Crippen LogP contribution in [0.25, 0.3) is 0 Å². The van der Waals surface area contributed by atoms with E-state index < -0.39 is 5.82 Å². The van der Waals surface area contributed by atoms with Crippen molar-refractivity contribution in [2.75, 3.05) is 18.6 Å². The molecule has 0 spiro atoms. The van der Waals surface area contributed by atoms with Gasteiger partial charge in [-0.05, 0) is 24.5 Å². The second-order valence-electron chi connectivity index (χ2n) is 4.11. The number of amides is 1. The van der Waals surface area contributed by atoms with Crippen molar-refractivity contribution in [1.82, 2.24) is 0 Å². The zero-order chi connectivity index (χ0) is 13.1. The minimum Gasteiger partial charge on any atom is -0.494 e. The predicted molar refractivity (Wildman–Crippen MR) is 63.9 cm³/mol. The molecule has 1 aromatic rings.